The summed E-state index contributed by atoms with van der Waals surface area (Å²) in [4.78, 5) is 17.2. The number of rotatable bonds is 5. The van der Waals surface area contributed by atoms with Crippen molar-refractivity contribution in [2.24, 2.45) is 0 Å². The lowest BCUT2D eigenvalue weighted by atomic mass is 10.1. The fourth-order valence-electron chi connectivity index (χ4n) is 3.06. The molecule has 1 heterocycles. The minimum absolute atomic E-state index is 0.234. The molecule has 0 aliphatic heterocycles. The molecule has 0 unspecified atom stereocenters. The maximum Gasteiger partial charge on any atom is 0.259 e. The third kappa shape index (κ3) is 3.47. The van der Waals surface area contributed by atoms with E-state index in [-0.39, 0.29) is 5.91 Å². The molecule has 0 aliphatic carbocycles. The van der Waals surface area contributed by atoms with Crippen LogP contribution in [0.4, 0.5) is 5.69 Å². The Balaban J connectivity index is 1.62. The van der Waals surface area contributed by atoms with E-state index in [1.54, 1.807) is 18.2 Å². The molecule has 0 spiro atoms. The largest absolute Gasteiger partial charge is 0.493 e. The average molecular weight is 372 g/mol. The van der Waals surface area contributed by atoms with Gasteiger partial charge in [-0.15, -0.1) is 0 Å². The molecule has 0 saturated carbocycles. The van der Waals surface area contributed by atoms with E-state index in [4.69, 9.17) is 9.15 Å². The minimum atomic E-state index is -0.234. The number of aromatic nitrogens is 1. The van der Waals surface area contributed by atoms with Crippen LogP contribution in [0.25, 0.3) is 22.6 Å². The van der Waals surface area contributed by atoms with Crippen LogP contribution in [0.1, 0.15) is 22.8 Å². The molecule has 0 radical (unpaired) electrons. The van der Waals surface area contributed by atoms with E-state index in [0.29, 0.717) is 35.1 Å². The van der Waals surface area contributed by atoms with Crippen LogP contribution in [-0.4, -0.2) is 17.5 Å². The second-order valence-electron chi connectivity index (χ2n) is 6.40. The maximum absolute atomic E-state index is 12.7. The topological polar surface area (TPSA) is 64.4 Å². The summed E-state index contributed by atoms with van der Waals surface area (Å²) in [6.07, 6.45) is 0. The number of nitrogens with zero attached hydrogens (tertiary/aromatic N) is 1. The van der Waals surface area contributed by atoms with E-state index in [1.165, 1.54) is 0 Å². The molecule has 4 rings (SSSR count). The molecule has 0 aliphatic rings. The molecule has 0 atom stereocenters. The highest BCUT2D eigenvalue weighted by molar-refractivity contribution is 6.06. The quantitative estimate of drug-likeness (QED) is 0.506. The lowest BCUT2D eigenvalue weighted by molar-refractivity contribution is 0.102. The normalized spacial score (nSPS) is 10.8. The molecule has 140 valence electrons. The molecular weight excluding hydrogens is 352 g/mol. The average Bonchev–Trinajstić information content (AvgIpc) is 3.12. The van der Waals surface area contributed by atoms with Gasteiger partial charge >= 0.3 is 0 Å². The van der Waals surface area contributed by atoms with E-state index in [2.05, 4.69) is 10.3 Å². The van der Waals surface area contributed by atoms with Crippen molar-refractivity contribution in [2.45, 2.75) is 13.8 Å². The number of carbonyl (C=O) groups excluding carboxylic acids is 1. The summed E-state index contributed by atoms with van der Waals surface area (Å²) in [5.74, 6) is 0.894. The van der Waals surface area contributed by atoms with Crippen molar-refractivity contribution in [3.05, 3.63) is 77.9 Å². The number of carbonyl (C=O) groups is 1. The summed E-state index contributed by atoms with van der Waals surface area (Å²) < 4.78 is 11.5. The molecule has 1 amide bonds. The zero-order valence-corrected chi connectivity index (χ0v) is 15.7. The van der Waals surface area contributed by atoms with Gasteiger partial charge in [0.25, 0.3) is 5.91 Å². The monoisotopic (exact) mass is 372 g/mol. The highest BCUT2D eigenvalue weighted by Gasteiger charge is 2.14. The number of oxazole rings is 1. The predicted molar refractivity (Wildman–Crippen MR) is 110 cm³/mol. The number of nitrogens with one attached hydrogen (secondary N) is 1. The summed E-state index contributed by atoms with van der Waals surface area (Å²) in [5.41, 5.74) is 4.53. The zero-order chi connectivity index (χ0) is 19.5. The van der Waals surface area contributed by atoms with Gasteiger partial charge in [0.1, 0.15) is 11.3 Å². The molecule has 0 fully saturated rings. The number of anilines is 1. The second kappa shape index (κ2) is 7.56. The van der Waals surface area contributed by atoms with Crippen molar-refractivity contribution in [3.8, 4) is 17.2 Å². The molecule has 0 saturated heterocycles. The van der Waals surface area contributed by atoms with Crippen molar-refractivity contribution in [1.82, 2.24) is 4.98 Å². The lowest BCUT2D eigenvalue weighted by Gasteiger charge is -2.10. The van der Waals surface area contributed by atoms with E-state index >= 15 is 0 Å². The summed E-state index contributed by atoms with van der Waals surface area (Å²) >= 11 is 0. The summed E-state index contributed by atoms with van der Waals surface area (Å²) in [6.45, 7) is 4.40. The van der Waals surface area contributed by atoms with Gasteiger partial charge in [0.2, 0.25) is 5.89 Å². The molecule has 4 aromatic rings. The Kier molecular flexibility index (Phi) is 4.81. The van der Waals surface area contributed by atoms with Crippen molar-refractivity contribution < 1.29 is 13.9 Å². The van der Waals surface area contributed by atoms with E-state index in [1.807, 2.05) is 62.4 Å². The number of para-hydroxylation sites is 1. The first-order chi connectivity index (χ1) is 13.7. The molecule has 5 heteroatoms. The Labute approximate surface area is 163 Å². The van der Waals surface area contributed by atoms with Crippen LogP contribution in [0, 0.1) is 6.92 Å². The Hall–Kier alpha value is -3.60. The van der Waals surface area contributed by atoms with Crippen LogP contribution in [0.2, 0.25) is 0 Å². The third-order valence-electron chi connectivity index (χ3n) is 4.45. The van der Waals surface area contributed by atoms with Gasteiger partial charge in [0, 0.05) is 17.3 Å². The predicted octanol–water partition coefficient (Wildman–Crippen LogP) is 5.45. The molecule has 0 bridgehead atoms. The van der Waals surface area contributed by atoms with Gasteiger partial charge in [-0.2, -0.15) is 0 Å². The first-order valence-electron chi connectivity index (χ1n) is 9.15. The van der Waals surface area contributed by atoms with E-state index in [0.717, 1.165) is 16.6 Å². The summed E-state index contributed by atoms with van der Waals surface area (Å²) in [7, 11) is 0. The van der Waals surface area contributed by atoms with Crippen LogP contribution in [0.3, 0.4) is 0 Å². The minimum Gasteiger partial charge on any atom is -0.493 e. The van der Waals surface area contributed by atoms with Gasteiger partial charge in [-0.1, -0.05) is 30.3 Å². The number of hydrogen-bond donors (Lipinski definition) is 1. The fraction of sp³-hybridized carbons (Fsp3) is 0.130. The third-order valence-corrected chi connectivity index (χ3v) is 4.45. The van der Waals surface area contributed by atoms with Crippen molar-refractivity contribution in [1.29, 1.82) is 0 Å². The Morgan fingerprint density at radius 1 is 1.07 bits per heavy atom. The molecule has 1 aromatic heterocycles. The molecule has 3 aromatic carbocycles. The Morgan fingerprint density at radius 2 is 1.86 bits per heavy atom. The Bertz CT molecular complexity index is 1150. The molecule has 28 heavy (non-hydrogen) atoms. The molecule has 1 N–H and O–H groups in total. The number of amides is 1. The second-order valence-corrected chi connectivity index (χ2v) is 6.40. The standard InChI is InChI=1S/C23H20N2O3/c1-3-27-20-11-7-6-10-18(20)22(26)24-16-12-13-19-21(14-16)28-23(25-19)17-9-5-4-8-15(17)2/h4-14H,3H2,1-2H3,(H,24,26). The highest BCUT2D eigenvalue weighted by Crippen LogP contribution is 2.28. The summed E-state index contributed by atoms with van der Waals surface area (Å²) in [5, 5.41) is 2.90. The smallest absolute Gasteiger partial charge is 0.259 e. The van der Waals surface area contributed by atoms with Crippen molar-refractivity contribution in [3.63, 3.8) is 0 Å². The number of aryl methyl sites for hydroxylation is 1. The van der Waals surface area contributed by atoms with Crippen molar-refractivity contribution in [2.75, 3.05) is 11.9 Å². The van der Waals surface area contributed by atoms with Gasteiger partial charge in [0.05, 0.1) is 12.2 Å². The van der Waals surface area contributed by atoms with Gasteiger partial charge < -0.3 is 14.5 Å². The van der Waals surface area contributed by atoms with Gasteiger partial charge in [-0.05, 0) is 49.7 Å². The lowest BCUT2D eigenvalue weighted by Crippen LogP contribution is -2.13. The number of fused-ring (bicyclic) bond motifs is 1. The number of benzene rings is 3. The van der Waals surface area contributed by atoms with Crippen LogP contribution in [-0.2, 0) is 0 Å². The highest BCUT2D eigenvalue weighted by atomic mass is 16.5. The van der Waals surface area contributed by atoms with Gasteiger partial charge in [-0.3, -0.25) is 4.79 Å². The fourth-order valence-corrected chi connectivity index (χ4v) is 3.06. The maximum atomic E-state index is 12.7. The van der Waals surface area contributed by atoms with Crippen molar-refractivity contribution >= 4 is 22.7 Å². The van der Waals surface area contributed by atoms with Gasteiger partial charge in [0.15, 0.2) is 5.58 Å². The number of hydrogen-bond acceptors (Lipinski definition) is 4. The van der Waals surface area contributed by atoms with E-state index in [9.17, 15) is 4.79 Å². The van der Waals surface area contributed by atoms with Crippen LogP contribution in [0.5, 0.6) is 5.75 Å². The van der Waals surface area contributed by atoms with Crippen LogP contribution < -0.4 is 10.1 Å². The Morgan fingerprint density at radius 3 is 2.68 bits per heavy atom. The van der Waals surface area contributed by atoms with Crippen LogP contribution >= 0.6 is 0 Å². The van der Waals surface area contributed by atoms with Crippen LogP contribution in [0.15, 0.2) is 71.1 Å². The van der Waals surface area contributed by atoms with Gasteiger partial charge in [-0.25, -0.2) is 4.98 Å². The number of ether oxygens (including phenoxy) is 1. The van der Waals surface area contributed by atoms with E-state index < -0.39 is 0 Å². The molecular formula is C23H20N2O3. The zero-order valence-electron chi connectivity index (χ0n) is 15.7. The summed E-state index contributed by atoms with van der Waals surface area (Å²) in [6, 6.07) is 20.5. The SMILES string of the molecule is CCOc1ccccc1C(=O)Nc1ccc2nc(-c3ccccc3C)oc2c1. The first kappa shape index (κ1) is 17.8. The first-order valence-corrected chi connectivity index (χ1v) is 9.15. The molecule has 5 nitrogen and oxygen atoms in total.